The first-order valence-electron chi connectivity index (χ1n) is 1.54. The highest BCUT2D eigenvalue weighted by Gasteiger charge is 2.08. The second-order valence-electron chi connectivity index (χ2n) is 0.847. The monoisotopic (exact) mass is 156 g/mol. The molecule has 0 rings (SSSR count). The summed E-state index contributed by atoms with van der Waals surface area (Å²) in [4.78, 5) is 23.1. The summed E-state index contributed by atoms with van der Waals surface area (Å²) in [5, 5.41) is 0. The Labute approximate surface area is 55.4 Å². The van der Waals surface area contributed by atoms with Gasteiger partial charge in [-0.1, -0.05) is 0 Å². The normalized spacial score (nSPS) is 7.75. The van der Waals surface area contributed by atoms with Gasteiger partial charge in [0.25, 0.3) is 0 Å². The SMILES string of the molecule is O=C(NCl)C(=O)NCl. The summed E-state index contributed by atoms with van der Waals surface area (Å²) < 4.78 is 0. The molecule has 0 unspecified atom stereocenters. The van der Waals surface area contributed by atoms with Crippen molar-refractivity contribution < 1.29 is 9.59 Å². The van der Waals surface area contributed by atoms with Gasteiger partial charge in [0.2, 0.25) is 0 Å². The second-order valence-corrected chi connectivity index (χ2v) is 1.23. The maximum absolute atomic E-state index is 10.0. The van der Waals surface area contributed by atoms with Crippen LogP contribution in [0.5, 0.6) is 0 Å². The average molecular weight is 157 g/mol. The summed E-state index contributed by atoms with van der Waals surface area (Å²) in [6.07, 6.45) is 0. The lowest BCUT2D eigenvalue weighted by atomic mass is 10.6. The molecule has 0 atom stereocenters. The minimum atomic E-state index is -0.985. The first-order chi connectivity index (χ1) is 3.72. The van der Waals surface area contributed by atoms with Crippen molar-refractivity contribution >= 4 is 35.4 Å². The van der Waals surface area contributed by atoms with Gasteiger partial charge in [-0.05, 0) is 0 Å². The lowest BCUT2D eigenvalue weighted by Crippen LogP contribution is -2.30. The molecule has 2 N–H and O–H groups in total. The van der Waals surface area contributed by atoms with Gasteiger partial charge in [0.15, 0.2) is 0 Å². The zero-order chi connectivity index (χ0) is 6.57. The summed E-state index contributed by atoms with van der Waals surface area (Å²) in [5.74, 6) is -1.97. The lowest BCUT2D eigenvalue weighted by Gasteiger charge is -1.89. The van der Waals surface area contributed by atoms with Crippen LogP contribution in [-0.2, 0) is 9.59 Å². The highest BCUT2D eigenvalue weighted by molar-refractivity contribution is 6.47. The summed E-state index contributed by atoms with van der Waals surface area (Å²) >= 11 is 9.41. The fourth-order valence-electron chi connectivity index (χ4n) is 0.0858. The van der Waals surface area contributed by atoms with E-state index in [4.69, 9.17) is 23.6 Å². The maximum Gasteiger partial charge on any atom is 0.324 e. The number of hydrogen-bond donors (Lipinski definition) is 2. The van der Waals surface area contributed by atoms with Crippen LogP contribution in [0, 0.1) is 0 Å². The number of hydrogen-bond acceptors (Lipinski definition) is 2. The molecule has 0 aromatic rings. The second kappa shape index (κ2) is 3.51. The van der Waals surface area contributed by atoms with Crippen LogP contribution in [0.4, 0.5) is 0 Å². The zero-order valence-electron chi connectivity index (χ0n) is 3.57. The third-order valence-corrected chi connectivity index (χ3v) is 0.721. The number of carbonyl (C=O) groups excluding carboxylic acids is 2. The fourth-order valence-corrected chi connectivity index (χ4v) is 0.257. The van der Waals surface area contributed by atoms with E-state index >= 15 is 0 Å². The van der Waals surface area contributed by atoms with Crippen molar-refractivity contribution in [1.29, 1.82) is 0 Å². The van der Waals surface area contributed by atoms with Crippen molar-refractivity contribution in [2.75, 3.05) is 0 Å². The molecule has 0 fully saturated rings. The molecule has 0 spiro atoms. The Hall–Kier alpha value is -0.480. The van der Waals surface area contributed by atoms with Crippen LogP contribution in [0.2, 0.25) is 0 Å². The highest BCUT2D eigenvalue weighted by atomic mass is 35.5. The topological polar surface area (TPSA) is 58.2 Å². The molecule has 2 amide bonds. The molecule has 0 aliphatic heterocycles. The van der Waals surface area contributed by atoms with Gasteiger partial charge in [0.05, 0.1) is 0 Å². The van der Waals surface area contributed by atoms with E-state index in [1.54, 1.807) is 9.67 Å². The number of rotatable bonds is 0. The smallest absolute Gasteiger partial charge is 0.262 e. The average Bonchev–Trinajstić information content (AvgIpc) is 1.84. The molecule has 8 heavy (non-hydrogen) atoms. The third kappa shape index (κ3) is 1.99. The molecular weight excluding hydrogens is 155 g/mol. The predicted molar refractivity (Wildman–Crippen MR) is 28.0 cm³/mol. The van der Waals surface area contributed by atoms with Crippen LogP contribution in [0.25, 0.3) is 0 Å². The molecule has 0 aliphatic carbocycles. The standard InChI is InChI=1S/C2H2Cl2N2O2/c3-5-1(7)2(8)6-4/h(H,5,7)(H,6,8). The van der Waals surface area contributed by atoms with Crippen molar-refractivity contribution in [1.82, 2.24) is 9.67 Å². The molecule has 0 radical (unpaired) electrons. The molecule has 0 saturated carbocycles. The Morgan fingerprint density at radius 2 is 1.25 bits per heavy atom. The van der Waals surface area contributed by atoms with E-state index in [0.717, 1.165) is 0 Å². The van der Waals surface area contributed by atoms with Crippen LogP contribution < -0.4 is 9.67 Å². The third-order valence-electron chi connectivity index (χ3n) is 0.378. The van der Waals surface area contributed by atoms with E-state index in [9.17, 15) is 9.59 Å². The van der Waals surface area contributed by atoms with Gasteiger partial charge in [0, 0.05) is 23.6 Å². The van der Waals surface area contributed by atoms with Gasteiger partial charge in [-0.15, -0.1) is 0 Å². The van der Waals surface area contributed by atoms with Crippen LogP contribution >= 0.6 is 23.6 Å². The van der Waals surface area contributed by atoms with Gasteiger partial charge < -0.3 is 0 Å². The van der Waals surface area contributed by atoms with Crippen molar-refractivity contribution in [3.05, 3.63) is 0 Å². The van der Waals surface area contributed by atoms with Crippen LogP contribution in [0.1, 0.15) is 0 Å². The van der Waals surface area contributed by atoms with Crippen LogP contribution in [0.3, 0.4) is 0 Å². The van der Waals surface area contributed by atoms with E-state index in [0.29, 0.717) is 0 Å². The molecular formula is C2H2Cl2N2O2. The molecule has 0 aromatic heterocycles. The van der Waals surface area contributed by atoms with E-state index in [1.807, 2.05) is 0 Å². The summed E-state index contributed by atoms with van der Waals surface area (Å²) in [5.41, 5.74) is 0. The van der Waals surface area contributed by atoms with Gasteiger partial charge in [-0.3, -0.25) is 19.3 Å². The molecule has 0 aliphatic rings. The first-order valence-corrected chi connectivity index (χ1v) is 2.29. The van der Waals surface area contributed by atoms with Crippen LogP contribution in [0.15, 0.2) is 0 Å². The number of nitrogens with one attached hydrogen (secondary N) is 2. The van der Waals surface area contributed by atoms with Crippen molar-refractivity contribution in [3.63, 3.8) is 0 Å². The Kier molecular flexibility index (Phi) is 3.30. The van der Waals surface area contributed by atoms with E-state index in [1.165, 1.54) is 0 Å². The molecule has 6 heteroatoms. The Balaban J connectivity index is 3.64. The van der Waals surface area contributed by atoms with E-state index in [-0.39, 0.29) is 0 Å². The first kappa shape index (κ1) is 7.52. The van der Waals surface area contributed by atoms with Crippen molar-refractivity contribution in [3.8, 4) is 0 Å². The Morgan fingerprint density at radius 3 is 1.38 bits per heavy atom. The molecule has 4 nitrogen and oxygen atoms in total. The number of amides is 2. The van der Waals surface area contributed by atoms with Crippen molar-refractivity contribution in [2.45, 2.75) is 0 Å². The molecule has 0 heterocycles. The molecule has 0 saturated heterocycles. The van der Waals surface area contributed by atoms with Gasteiger partial charge in [-0.25, -0.2) is 0 Å². The van der Waals surface area contributed by atoms with E-state index in [2.05, 4.69) is 0 Å². The highest BCUT2D eigenvalue weighted by Crippen LogP contribution is 1.70. The van der Waals surface area contributed by atoms with Gasteiger partial charge >= 0.3 is 11.8 Å². The summed E-state index contributed by atoms with van der Waals surface area (Å²) in [7, 11) is 0. The molecule has 46 valence electrons. The van der Waals surface area contributed by atoms with Crippen molar-refractivity contribution in [2.24, 2.45) is 0 Å². The van der Waals surface area contributed by atoms with Crippen LogP contribution in [-0.4, -0.2) is 11.8 Å². The summed E-state index contributed by atoms with van der Waals surface area (Å²) in [6, 6.07) is 0. The Morgan fingerprint density at radius 1 is 1.00 bits per heavy atom. The maximum atomic E-state index is 10.0. The Bertz CT molecular complexity index is 101. The number of carbonyl (C=O) groups is 2. The molecule has 0 bridgehead atoms. The lowest BCUT2D eigenvalue weighted by molar-refractivity contribution is -0.137. The largest absolute Gasteiger partial charge is 0.324 e. The number of halogens is 2. The zero-order valence-corrected chi connectivity index (χ0v) is 5.08. The minimum absolute atomic E-state index is 0.985. The quantitative estimate of drug-likeness (QED) is 0.368. The summed E-state index contributed by atoms with van der Waals surface area (Å²) in [6.45, 7) is 0. The predicted octanol–water partition coefficient (Wildman–Crippen LogP) is -0.474. The van der Waals surface area contributed by atoms with E-state index < -0.39 is 11.8 Å². The van der Waals surface area contributed by atoms with Gasteiger partial charge in [0.1, 0.15) is 0 Å². The molecule has 0 aromatic carbocycles. The minimum Gasteiger partial charge on any atom is -0.262 e. The van der Waals surface area contributed by atoms with Gasteiger partial charge in [-0.2, -0.15) is 0 Å². The fraction of sp³-hybridized carbons (Fsp3) is 0.